The number of nitrogens with one attached hydrogen (secondary N) is 1. The Balaban J connectivity index is 1.32. The van der Waals surface area contributed by atoms with Crippen molar-refractivity contribution in [3.8, 4) is 11.5 Å². The van der Waals surface area contributed by atoms with Gasteiger partial charge in [-0.25, -0.2) is 10.2 Å². The fourth-order valence-corrected chi connectivity index (χ4v) is 4.12. The molecule has 5 aromatic carbocycles. The van der Waals surface area contributed by atoms with Crippen molar-refractivity contribution in [1.82, 2.24) is 5.43 Å². The summed E-state index contributed by atoms with van der Waals surface area (Å²) in [6.45, 7) is 1.65. The van der Waals surface area contributed by atoms with Crippen LogP contribution in [0.2, 0.25) is 5.02 Å². The van der Waals surface area contributed by atoms with Gasteiger partial charge in [-0.15, -0.1) is 0 Å². The van der Waals surface area contributed by atoms with Gasteiger partial charge in [0.2, 0.25) is 0 Å². The molecule has 5 rings (SSSR count). The van der Waals surface area contributed by atoms with Crippen molar-refractivity contribution in [1.29, 1.82) is 0 Å². The molecule has 6 nitrogen and oxygen atoms in total. The van der Waals surface area contributed by atoms with E-state index in [4.69, 9.17) is 21.1 Å². The van der Waals surface area contributed by atoms with E-state index in [1.165, 1.54) is 6.21 Å². The molecule has 1 atom stereocenters. The fourth-order valence-electron chi connectivity index (χ4n) is 3.99. The molecule has 0 aliphatic heterocycles. The minimum Gasteiger partial charge on any atom is -0.481 e. The van der Waals surface area contributed by atoms with Crippen molar-refractivity contribution in [2.24, 2.45) is 5.10 Å². The van der Waals surface area contributed by atoms with Crippen molar-refractivity contribution in [3.63, 3.8) is 0 Å². The fraction of sp³-hybridized carbons (Fsp3) is 0.0645. The Kier molecular flexibility index (Phi) is 7.33. The van der Waals surface area contributed by atoms with E-state index >= 15 is 0 Å². The molecule has 0 aliphatic carbocycles. The van der Waals surface area contributed by atoms with Crippen molar-refractivity contribution in [2.75, 3.05) is 0 Å². The van der Waals surface area contributed by atoms with Crippen LogP contribution in [0.4, 0.5) is 0 Å². The quantitative estimate of drug-likeness (QED) is 0.111. The monoisotopic (exact) mass is 522 g/mol. The van der Waals surface area contributed by atoms with Gasteiger partial charge in [-0.2, -0.15) is 5.10 Å². The maximum Gasteiger partial charge on any atom is 0.343 e. The second-order valence-corrected chi connectivity index (χ2v) is 9.03. The Bertz CT molecular complexity index is 1660. The molecule has 5 aromatic rings. The molecule has 38 heavy (non-hydrogen) atoms. The lowest BCUT2D eigenvalue weighted by molar-refractivity contribution is -0.127. The number of amides is 1. The molecule has 0 heterocycles. The van der Waals surface area contributed by atoms with E-state index < -0.39 is 18.0 Å². The molecule has 0 saturated carbocycles. The van der Waals surface area contributed by atoms with Crippen LogP contribution < -0.4 is 14.9 Å². The Hall–Kier alpha value is -4.68. The van der Waals surface area contributed by atoms with E-state index in [1.54, 1.807) is 37.3 Å². The first-order valence-corrected chi connectivity index (χ1v) is 12.3. The van der Waals surface area contributed by atoms with Gasteiger partial charge in [0, 0.05) is 10.6 Å². The minimum atomic E-state index is -0.789. The maximum atomic E-state index is 12.7. The Morgan fingerprint density at radius 2 is 1.53 bits per heavy atom. The van der Waals surface area contributed by atoms with Gasteiger partial charge in [-0.1, -0.05) is 72.3 Å². The second-order valence-electron chi connectivity index (χ2n) is 8.60. The molecule has 0 fully saturated rings. The summed E-state index contributed by atoms with van der Waals surface area (Å²) in [7, 11) is 0. The molecule has 0 spiro atoms. The lowest BCUT2D eigenvalue weighted by Gasteiger charge is -2.14. The third kappa shape index (κ3) is 5.66. The van der Waals surface area contributed by atoms with Crippen LogP contribution in [0.1, 0.15) is 22.8 Å². The van der Waals surface area contributed by atoms with E-state index in [0.717, 1.165) is 21.5 Å². The largest absolute Gasteiger partial charge is 0.481 e. The summed E-state index contributed by atoms with van der Waals surface area (Å²) < 4.78 is 11.5. The number of hydrogen-bond acceptors (Lipinski definition) is 5. The van der Waals surface area contributed by atoms with Crippen molar-refractivity contribution in [2.45, 2.75) is 13.0 Å². The van der Waals surface area contributed by atoms with Gasteiger partial charge in [0.15, 0.2) is 6.10 Å². The van der Waals surface area contributed by atoms with Gasteiger partial charge < -0.3 is 9.47 Å². The van der Waals surface area contributed by atoms with Crippen LogP contribution >= 0.6 is 11.6 Å². The number of hydrazone groups is 1. The zero-order valence-corrected chi connectivity index (χ0v) is 21.2. The third-order valence-electron chi connectivity index (χ3n) is 5.98. The predicted molar refractivity (Wildman–Crippen MR) is 150 cm³/mol. The molecule has 1 N–H and O–H groups in total. The Labute approximate surface area is 224 Å². The predicted octanol–water partition coefficient (Wildman–Crippen LogP) is 6.78. The number of nitrogens with zero attached hydrogens (tertiary/aromatic N) is 1. The van der Waals surface area contributed by atoms with Gasteiger partial charge in [0.05, 0.1) is 11.8 Å². The number of fused-ring (bicyclic) bond motifs is 2. The number of rotatable bonds is 7. The first kappa shape index (κ1) is 25.0. The summed E-state index contributed by atoms with van der Waals surface area (Å²) in [5.74, 6) is -0.0645. The molecule has 0 aliphatic rings. The third-order valence-corrected chi connectivity index (χ3v) is 6.24. The zero-order valence-electron chi connectivity index (χ0n) is 20.4. The van der Waals surface area contributed by atoms with Crippen LogP contribution in [0.5, 0.6) is 11.5 Å². The van der Waals surface area contributed by atoms with Gasteiger partial charge in [-0.05, 0) is 70.9 Å². The number of halogens is 1. The smallest absolute Gasteiger partial charge is 0.343 e. The van der Waals surface area contributed by atoms with Gasteiger partial charge in [0.25, 0.3) is 5.91 Å². The molecular weight excluding hydrogens is 500 g/mol. The molecule has 0 bridgehead atoms. The lowest BCUT2D eigenvalue weighted by Crippen LogP contribution is -2.33. The average molecular weight is 523 g/mol. The normalized spacial score (nSPS) is 11.9. The SMILES string of the molecule is C[C@H](Oc1ccc2ccccc2c1)C(=O)N/N=C\c1c(OC(=O)c2ccc(Cl)cc2)ccc2ccccc12. The number of ether oxygens (including phenoxy) is 2. The van der Waals surface area contributed by atoms with Crippen molar-refractivity contribution in [3.05, 3.63) is 119 Å². The summed E-state index contributed by atoms with van der Waals surface area (Å²) >= 11 is 5.93. The van der Waals surface area contributed by atoms with Crippen LogP contribution in [0, 0.1) is 0 Å². The number of carbonyl (C=O) groups excluding carboxylic acids is 2. The first-order chi connectivity index (χ1) is 18.5. The summed E-state index contributed by atoms with van der Waals surface area (Å²) in [6, 6.07) is 31.2. The molecule has 0 saturated heterocycles. The van der Waals surface area contributed by atoms with E-state index in [-0.39, 0.29) is 0 Å². The molecule has 7 heteroatoms. The van der Waals surface area contributed by atoms with Gasteiger partial charge in [0.1, 0.15) is 11.5 Å². The van der Waals surface area contributed by atoms with Crippen molar-refractivity contribution < 1.29 is 19.1 Å². The summed E-state index contributed by atoms with van der Waals surface area (Å²) in [6.07, 6.45) is 0.677. The topological polar surface area (TPSA) is 77.0 Å². The van der Waals surface area contributed by atoms with Gasteiger partial charge >= 0.3 is 5.97 Å². The highest BCUT2D eigenvalue weighted by Crippen LogP contribution is 2.28. The first-order valence-electron chi connectivity index (χ1n) is 12.0. The van der Waals surface area contributed by atoms with Crippen molar-refractivity contribution >= 4 is 51.2 Å². The molecular formula is C31H23ClN2O4. The van der Waals surface area contributed by atoms with E-state index in [9.17, 15) is 9.59 Å². The van der Waals surface area contributed by atoms with E-state index in [2.05, 4.69) is 10.5 Å². The number of esters is 1. The lowest BCUT2D eigenvalue weighted by atomic mass is 10.0. The molecule has 0 aromatic heterocycles. The molecule has 0 radical (unpaired) electrons. The van der Waals surface area contributed by atoms with Crippen LogP contribution in [0.3, 0.4) is 0 Å². The van der Waals surface area contributed by atoms with Crippen LogP contribution in [-0.4, -0.2) is 24.2 Å². The second kappa shape index (κ2) is 11.2. The van der Waals surface area contributed by atoms with Crippen LogP contribution in [0.25, 0.3) is 21.5 Å². The Morgan fingerprint density at radius 3 is 2.32 bits per heavy atom. The molecule has 0 unspecified atom stereocenters. The summed E-state index contributed by atoms with van der Waals surface area (Å²) in [4.78, 5) is 25.4. The molecule has 1 amide bonds. The van der Waals surface area contributed by atoms with E-state index in [1.807, 2.05) is 72.8 Å². The van der Waals surface area contributed by atoms with Gasteiger partial charge in [-0.3, -0.25) is 4.79 Å². The maximum absolute atomic E-state index is 12.7. The average Bonchev–Trinajstić information content (AvgIpc) is 2.94. The van der Waals surface area contributed by atoms with Crippen LogP contribution in [-0.2, 0) is 4.79 Å². The van der Waals surface area contributed by atoms with Crippen LogP contribution in [0.15, 0.2) is 108 Å². The standard InChI is InChI=1S/C31H23ClN2O4/c1-20(37-26-16-12-21-6-2-3-8-24(21)18-26)30(35)34-33-19-28-27-9-5-4-7-22(27)13-17-29(28)38-31(36)23-10-14-25(32)15-11-23/h2-20H,1H3,(H,34,35)/b33-19-/t20-/m0/s1. The zero-order chi connectivity index (χ0) is 26.5. The highest BCUT2D eigenvalue weighted by Gasteiger charge is 2.16. The minimum absolute atomic E-state index is 0.308. The summed E-state index contributed by atoms with van der Waals surface area (Å²) in [5.41, 5.74) is 3.43. The number of benzene rings is 5. The van der Waals surface area contributed by atoms with E-state index in [0.29, 0.717) is 27.6 Å². The highest BCUT2D eigenvalue weighted by atomic mass is 35.5. The Morgan fingerprint density at radius 1 is 0.842 bits per heavy atom. The number of hydrogen-bond donors (Lipinski definition) is 1. The number of carbonyl (C=O) groups is 2. The summed E-state index contributed by atoms with van der Waals surface area (Å²) in [5, 5.41) is 8.52. The highest BCUT2D eigenvalue weighted by molar-refractivity contribution is 6.30. The molecule has 188 valence electrons.